The van der Waals surface area contributed by atoms with E-state index in [-0.39, 0.29) is 17.3 Å². The molecule has 12 heteroatoms. The first-order valence-electron chi connectivity index (χ1n) is 4.33. The molecule has 2 rings (SSSR count). The molecule has 2 heterocycles. The van der Waals surface area contributed by atoms with Crippen LogP contribution in [0.15, 0.2) is 6.20 Å². The highest BCUT2D eigenvalue weighted by atomic mass is 16.4. The molecule has 8 N–H and O–H groups in total. The van der Waals surface area contributed by atoms with Crippen molar-refractivity contribution >= 4 is 23.6 Å². The summed E-state index contributed by atoms with van der Waals surface area (Å²) in [6.45, 7) is 0. The Morgan fingerprint density at radius 1 is 1.33 bits per heavy atom. The van der Waals surface area contributed by atoms with Crippen LogP contribution in [0, 0.1) is 0 Å². The minimum Gasteiger partial charge on any atom is -0.465 e. The van der Waals surface area contributed by atoms with Crippen LogP contribution in [0.5, 0.6) is 0 Å². The van der Waals surface area contributed by atoms with Crippen LogP contribution in [-0.2, 0) is 0 Å². The van der Waals surface area contributed by atoms with E-state index in [1.54, 1.807) is 0 Å². The molecular weight excluding hydrogens is 246 g/mol. The topological polar surface area (TPSA) is 202 Å². The first-order chi connectivity index (χ1) is 8.50. The largest absolute Gasteiger partial charge is 0.465 e. The summed E-state index contributed by atoms with van der Waals surface area (Å²) < 4.78 is 0. The molecule has 2 aromatic heterocycles. The van der Waals surface area contributed by atoms with Gasteiger partial charge >= 0.3 is 6.09 Å². The summed E-state index contributed by atoms with van der Waals surface area (Å²) in [5.41, 5.74) is 10.0. The third-order valence-corrected chi connectivity index (χ3v) is 1.47. The van der Waals surface area contributed by atoms with Gasteiger partial charge in [-0.1, -0.05) is 10.4 Å². The number of H-pyrrole nitrogens is 2. The maximum absolute atomic E-state index is 10.3. The molecule has 0 fully saturated rings. The molecule has 0 radical (unpaired) electrons. The van der Waals surface area contributed by atoms with Crippen LogP contribution in [0.4, 0.5) is 16.4 Å². The average molecular weight is 255 g/mol. The number of hydrogen-bond acceptors (Lipinski definition) is 7. The van der Waals surface area contributed by atoms with Gasteiger partial charge in [0.1, 0.15) is 0 Å². The second-order valence-electron chi connectivity index (χ2n) is 2.73. The smallest absolute Gasteiger partial charge is 0.410 e. The van der Waals surface area contributed by atoms with Gasteiger partial charge in [0.15, 0.2) is 17.3 Å². The Morgan fingerprint density at radius 2 is 2.06 bits per heavy atom. The molecule has 0 unspecified atom stereocenters. The lowest BCUT2D eigenvalue weighted by Crippen LogP contribution is -2.13. The lowest BCUT2D eigenvalue weighted by molar-refractivity contribution is 0.0996. The van der Waals surface area contributed by atoms with Gasteiger partial charge in [0.05, 0.1) is 6.20 Å². The minimum atomic E-state index is -1.15. The first-order valence-corrected chi connectivity index (χ1v) is 4.33. The van der Waals surface area contributed by atoms with E-state index in [0.29, 0.717) is 0 Å². The Labute approximate surface area is 98.7 Å². The first kappa shape index (κ1) is 12.9. The Bertz CT molecular complexity index is 518. The zero-order chi connectivity index (χ0) is 13.5. The Morgan fingerprint density at radius 3 is 2.39 bits per heavy atom. The number of anilines is 2. The number of aromatic amines is 2. The van der Waals surface area contributed by atoms with E-state index in [9.17, 15) is 9.59 Å². The van der Waals surface area contributed by atoms with Gasteiger partial charge in [-0.05, 0) is 0 Å². The summed E-state index contributed by atoms with van der Waals surface area (Å²) in [6, 6.07) is 0. The highest BCUT2D eigenvalue weighted by molar-refractivity contribution is 5.94. The van der Waals surface area contributed by atoms with Crippen molar-refractivity contribution in [2.24, 2.45) is 5.73 Å². The number of aromatic nitrogens is 6. The summed E-state index contributed by atoms with van der Waals surface area (Å²) in [5.74, 6) is -0.428. The van der Waals surface area contributed by atoms with Crippen LogP contribution < -0.4 is 16.8 Å². The fourth-order valence-electron chi connectivity index (χ4n) is 0.790. The Balaban J connectivity index is 0.000000180. The minimum absolute atomic E-state index is 0.0301. The number of carbonyl (C=O) groups is 2. The Hall–Kier alpha value is -3.18. The normalized spacial score (nSPS) is 9.11. The molecule has 0 saturated carbocycles. The fraction of sp³-hybridized carbons (Fsp3) is 0. The van der Waals surface area contributed by atoms with E-state index >= 15 is 0 Å². The van der Waals surface area contributed by atoms with Gasteiger partial charge in [-0.25, -0.2) is 4.79 Å². The summed E-state index contributed by atoms with van der Waals surface area (Å²) >= 11 is 0. The van der Waals surface area contributed by atoms with Crippen LogP contribution in [0.2, 0.25) is 0 Å². The maximum Gasteiger partial charge on any atom is 0.410 e. The number of nitrogen functional groups attached to an aromatic ring is 1. The zero-order valence-electron chi connectivity index (χ0n) is 8.78. The summed E-state index contributed by atoms with van der Waals surface area (Å²) in [6.07, 6.45) is 0.192. The van der Waals surface area contributed by atoms with Crippen molar-refractivity contribution in [1.82, 2.24) is 30.8 Å². The van der Waals surface area contributed by atoms with Crippen LogP contribution in [0.1, 0.15) is 10.5 Å². The highest BCUT2D eigenvalue weighted by Gasteiger charge is 2.07. The van der Waals surface area contributed by atoms with Gasteiger partial charge in [-0.3, -0.25) is 20.3 Å². The molecule has 0 bridgehead atoms. The number of rotatable bonds is 2. The van der Waals surface area contributed by atoms with Crippen molar-refractivity contribution in [2.75, 3.05) is 11.1 Å². The lowest BCUT2D eigenvalue weighted by atomic mass is 10.4. The number of nitrogens with one attached hydrogen (secondary N) is 3. The van der Waals surface area contributed by atoms with Crippen LogP contribution in [-0.4, -0.2) is 47.9 Å². The van der Waals surface area contributed by atoms with Crippen molar-refractivity contribution < 1.29 is 14.7 Å². The molecule has 2 aromatic rings. The predicted octanol–water partition coefficient (Wildman–Crippen LogP) is -1.62. The van der Waals surface area contributed by atoms with Crippen LogP contribution in [0.3, 0.4) is 0 Å². The lowest BCUT2D eigenvalue weighted by Gasteiger charge is -1.88. The molecule has 18 heavy (non-hydrogen) atoms. The number of amides is 2. The molecule has 0 spiro atoms. The summed E-state index contributed by atoms with van der Waals surface area (Å²) in [5, 5.41) is 27.9. The predicted molar refractivity (Wildman–Crippen MR) is 57.3 cm³/mol. The number of carbonyl (C=O) groups excluding carboxylic acids is 1. The molecule has 12 nitrogen and oxygen atoms in total. The molecule has 0 aliphatic carbocycles. The molecule has 2 amide bonds. The third kappa shape index (κ3) is 3.76. The van der Waals surface area contributed by atoms with E-state index < -0.39 is 12.0 Å². The van der Waals surface area contributed by atoms with E-state index in [0.717, 1.165) is 0 Å². The van der Waals surface area contributed by atoms with Gasteiger partial charge in [-0.15, -0.1) is 10.2 Å². The van der Waals surface area contributed by atoms with Gasteiger partial charge < -0.3 is 16.6 Å². The molecule has 96 valence electrons. The molecule has 0 aliphatic rings. The van der Waals surface area contributed by atoms with Crippen LogP contribution >= 0.6 is 0 Å². The number of carboxylic acid groups (broad SMARTS) is 1. The van der Waals surface area contributed by atoms with Crippen molar-refractivity contribution in [3.8, 4) is 0 Å². The second-order valence-corrected chi connectivity index (χ2v) is 2.73. The molecular formula is C6H9N9O3. The quantitative estimate of drug-likeness (QED) is 0.367. The third-order valence-electron chi connectivity index (χ3n) is 1.47. The summed E-state index contributed by atoms with van der Waals surface area (Å²) in [7, 11) is 0. The van der Waals surface area contributed by atoms with Gasteiger partial charge in [0.25, 0.3) is 5.91 Å². The van der Waals surface area contributed by atoms with Gasteiger partial charge in [0, 0.05) is 0 Å². The summed E-state index contributed by atoms with van der Waals surface area (Å²) in [4.78, 5) is 20.2. The SMILES string of the molecule is NC(=O)c1[nH]nnc1N.O=C(O)Nc1c[nH]nn1. The monoisotopic (exact) mass is 255 g/mol. The van der Waals surface area contributed by atoms with E-state index in [1.807, 2.05) is 5.32 Å². The number of hydrogen-bond donors (Lipinski definition) is 6. The zero-order valence-corrected chi connectivity index (χ0v) is 8.78. The van der Waals surface area contributed by atoms with Gasteiger partial charge in [0.2, 0.25) is 0 Å². The standard InChI is InChI=1S/C3H5N5O.C3H4N4O2/c4-2-1(3(5)9)6-8-7-2;8-3(9)5-2-1-4-7-6-2/h(H2,5,9)(H3,4,6,7,8);1H,(H,8,9)(H2,4,5,6,7). The highest BCUT2D eigenvalue weighted by Crippen LogP contribution is 1.98. The van der Waals surface area contributed by atoms with E-state index in [2.05, 4.69) is 30.8 Å². The average Bonchev–Trinajstić information content (AvgIpc) is 2.89. The van der Waals surface area contributed by atoms with Crippen molar-refractivity contribution in [3.63, 3.8) is 0 Å². The molecule has 0 aliphatic heterocycles. The molecule has 0 saturated heterocycles. The number of primary amides is 1. The molecule has 0 atom stereocenters. The fourth-order valence-corrected chi connectivity index (χ4v) is 0.790. The maximum atomic E-state index is 10.3. The van der Waals surface area contributed by atoms with Crippen molar-refractivity contribution in [3.05, 3.63) is 11.9 Å². The van der Waals surface area contributed by atoms with Gasteiger partial charge in [-0.2, -0.15) is 0 Å². The number of nitrogens with zero attached hydrogens (tertiary/aromatic N) is 4. The second kappa shape index (κ2) is 5.78. The Kier molecular flexibility index (Phi) is 4.14. The molecule has 0 aromatic carbocycles. The van der Waals surface area contributed by atoms with E-state index in [1.165, 1.54) is 6.20 Å². The number of nitrogens with two attached hydrogens (primary N) is 2. The van der Waals surface area contributed by atoms with E-state index in [4.69, 9.17) is 16.6 Å². The van der Waals surface area contributed by atoms with Crippen LogP contribution in [0.25, 0.3) is 0 Å². The van der Waals surface area contributed by atoms with Crippen molar-refractivity contribution in [1.29, 1.82) is 0 Å². The van der Waals surface area contributed by atoms with Crippen molar-refractivity contribution in [2.45, 2.75) is 0 Å².